The number of thiophene rings is 1. The van der Waals surface area contributed by atoms with E-state index in [1.165, 1.54) is 17.7 Å². The number of nitrogens with one attached hydrogen (secondary N) is 1. The molecular weight excluding hydrogens is 330 g/mol. The lowest BCUT2D eigenvalue weighted by Gasteiger charge is -2.21. The highest BCUT2D eigenvalue weighted by Gasteiger charge is 2.10. The third-order valence-corrected chi connectivity index (χ3v) is 5.41. The highest BCUT2D eigenvalue weighted by molar-refractivity contribution is 9.11. The van der Waals surface area contributed by atoms with Gasteiger partial charge in [-0.25, -0.2) is 0 Å². The lowest BCUT2D eigenvalue weighted by molar-refractivity contribution is 0.387. The van der Waals surface area contributed by atoms with Crippen molar-refractivity contribution in [2.24, 2.45) is 5.92 Å². The standard InChI is InChI=1S/C14H23BrClNS/c1-10(7-8-17-14(2,3)4)5-6-11-9-12(16)13(15)18-11/h9-10,17H,5-8H2,1-4H3. The third kappa shape index (κ3) is 6.55. The van der Waals surface area contributed by atoms with Gasteiger partial charge in [0, 0.05) is 10.4 Å². The molecule has 0 aliphatic carbocycles. The molecule has 1 atom stereocenters. The quantitative estimate of drug-likeness (QED) is 0.711. The van der Waals surface area contributed by atoms with E-state index in [9.17, 15) is 0 Å². The Morgan fingerprint density at radius 3 is 2.56 bits per heavy atom. The maximum Gasteiger partial charge on any atom is 0.0887 e. The molecule has 0 saturated carbocycles. The van der Waals surface area contributed by atoms with Crippen molar-refractivity contribution in [2.75, 3.05) is 6.54 Å². The molecule has 18 heavy (non-hydrogen) atoms. The smallest absolute Gasteiger partial charge is 0.0887 e. The van der Waals surface area contributed by atoms with Gasteiger partial charge >= 0.3 is 0 Å². The van der Waals surface area contributed by atoms with E-state index < -0.39 is 0 Å². The monoisotopic (exact) mass is 351 g/mol. The normalized spacial score (nSPS) is 13.9. The fourth-order valence-electron chi connectivity index (χ4n) is 1.74. The van der Waals surface area contributed by atoms with Crippen molar-refractivity contribution in [2.45, 2.75) is 52.5 Å². The number of hydrogen-bond acceptors (Lipinski definition) is 2. The molecule has 104 valence electrons. The van der Waals surface area contributed by atoms with Crippen LogP contribution in [0, 0.1) is 5.92 Å². The Hall–Kier alpha value is 0.430. The summed E-state index contributed by atoms with van der Waals surface area (Å²) in [5, 5.41) is 4.38. The van der Waals surface area contributed by atoms with E-state index in [-0.39, 0.29) is 5.54 Å². The van der Waals surface area contributed by atoms with Crippen molar-refractivity contribution in [1.29, 1.82) is 0 Å². The maximum absolute atomic E-state index is 6.03. The Bertz CT molecular complexity index is 351. The van der Waals surface area contributed by atoms with E-state index in [4.69, 9.17) is 11.6 Å². The highest BCUT2D eigenvalue weighted by atomic mass is 79.9. The molecule has 0 fully saturated rings. The molecule has 1 unspecified atom stereocenters. The molecule has 1 nitrogen and oxygen atoms in total. The van der Waals surface area contributed by atoms with E-state index in [0.29, 0.717) is 0 Å². The summed E-state index contributed by atoms with van der Waals surface area (Å²) in [5.74, 6) is 0.750. The third-order valence-electron chi connectivity index (χ3n) is 2.87. The zero-order valence-corrected chi connectivity index (χ0v) is 14.8. The second-order valence-electron chi connectivity index (χ2n) is 5.94. The van der Waals surface area contributed by atoms with Gasteiger partial charge in [-0.15, -0.1) is 11.3 Å². The van der Waals surface area contributed by atoms with Gasteiger partial charge in [0.2, 0.25) is 0 Å². The largest absolute Gasteiger partial charge is 0.312 e. The fraction of sp³-hybridized carbons (Fsp3) is 0.714. The van der Waals surface area contributed by atoms with Crippen molar-refractivity contribution in [1.82, 2.24) is 5.32 Å². The average molecular weight is 353 g/mol. The van der Waals surface area contributed by atoms with Gasteiger partial charge in [-0.05, 0) is 74.5 Å². The highest BCUT2D eigenvalue weighted by Crippen LogP contribution is 2.33. The Morgan fingerprint density at radius 2 is 2.06 bits per heavy atom. The zero-order valence-electron chi connectivity index (χ0n) is 11.6. The zero-order chi connectivity index (χ0) is 13.8. The summed E-state index contributed by atoms with van der Waals surface area (Å²) >= 11 is 11.2. The number of aryl methyl sites for hydroxylation is 1. The lowest BCUT2D eigenvalue weighted by Crippen LogP contribution is -2.36. The lowest BCUT2D eigenvalue weighted by atomic mass is 10.0. The molecule has 0 aromatic carbocycles. The molecule has 0 amide bonds. The Kier molecular flexibility index (Phi) is 6.66. The molecule has 4 heteroatoms. The van der Waals surface area contributed by atoms with Crippen LogP contribution in [-0.2, 0) is 6.42 Å². The first-order chi connectivity index (χ1) is 8.28. The van der Waals surface area contributed by atoms with Gasteiger partial charge < -0.3 is 5.32 Å². The molecule has 1 heterocycles. The van der Waals surface area contributed by atoms with Crippen molar-refractivity contribution in [3.05, 3.63) is 19.8 Å². The predicted octanol–water partition coefficient (Wildman–Crippen LogP) is 5.51. The second-order valence-corrected chi connectivity index (χ2v) is 8.81. The summed E-state index contributed by atoms with van der Waals surface area (Å²) in [6, 6.07) is 2.08. The summed E-state index contributed by atoms with van der Waals surface area (Å²) in [5.41, 5.74) is 0.228. The molecule has 1 aromatic heterocycles. The molecule has 0 aliphatic rings. The van der Waals surface area contributed by atoms with Gasteiger partial charge in [0.25, 0.3) is 0 Å². The molecule has 0 saturated heterocycles. The van der Waals surface area contributed by atoms with Gasteiger partial charge in [-0.2, -0.15) is 0 Å². The van der Waals surface area contributed by atoms with Gasteiger partial charge in [-0.1, -0.05) is 18.5 Å². The second kappa shape index (κ2) is 7.28. The topological polar surface area (TPSA) is 12.0 Å². The average Bonchev–Trinajstić information content (AvgIpc) is 2.54. The van der Waals surface area contributed by atoms with Gasteiger partial charge in [0.05, 0.1) is 8.81 Å². The fourth-order valence-corrected chi connectivity index (χ4v) is 3.57. The summed E-state index contributed by atoms with van der Waals surface area (Å²) in [4.78, 5) is 1.38. The summed E-state index contributed by atoms with van der Waals surface area (Å²) in [6.45, 7) is 10.1. The summed E-state index contributed by atoms with van der Waals surface area (Å²) in [6.07, 6.45) is 3.60. The van der Waals surface area contributed by atoms with Crippen LogP contribution in [0.1, 0.15) is 45.4 Å². The van der Waals surface area contributed by atoms with E-state index >= 15 is 0 Å². The SMILES string of the molecule is CC(CCNC(C)(C)C)CCc1cc(Cl)c(Br)s1. The molecule has 1 rings (SSSR count). The first-order valence-electron chi connectivity index (χ1n) is 6.46. The number of halogens is 2. The van der Waals surface area contributed by atoms with Crippen LogP contribution >= 0.6 is 38.9 Å². The van der Waals surface area contributed by atoms with Crippen LogP contribution in [0.25, 0.3) is 0 Å². The van der Waals surface area contributed by atoms with E-state index in [1.807, 2.05) is 0 Å². The molecule has 0 aliphatic heterocycles. The predicted molar refractivity (Wildman–Crippen MR) is 86.9 cm³/mol. The van der Waals surface area contributed by atoms with Crippen molar-refractivity contribution in [3.63, 3.8) is 0 Å². The van der Waals surface area contributed by atoms with Gasteiger partial charge in [-0.3, -0.25) is 0 Å². The van der Waals surface area contributed by atoms with Crippen LogP contribution in [0.3, 0.4) is 0 Å². The van der Waals surface area contributed by atoms with Gasteiger partial charge in [0.15, 0.2) is 0 Å². The maximum atomic E-state index is 6.03. The minimum Gasteiger partial charge on any atom is -0.312 e. The van der Waals surface area contributed by atoms with Crippen molar-refractivity contribution in [3.8, 4) is 0 Å². The molecule has 0 spiro atoms. The van der Waals surface area contributed by atoms with Crippen LogP contribution in [0.15, 0.2) is 9.85 Å². The van der Waals surface area contributed by atoms with E-state index in [0.717, 1.165) is 27.7 Å². The van der Waals surface area contributed by atoms with Gasteiger partial charge in [0.1, 0.15) is 0 Å². The number of hydrogen-bond donors (Lipinski definition) is 1. The van der Waals surface area contributed by atoms with Crippen LogP contribution in [0.5, 0.6) is 0 Å². The van der Waals surface area contributed by atoms with Crippen LogP contribution < -0.4 is 5.32 Å². The molecule has 0 radical (unpaired) electrons. The minimum absolute atomic E-state index is 0.228. The Labute approximate surface area is 128 Å². The van der Waals surface area contributed by atoms with Crippen LogP contribution in [-0.4, -0.2) is 12.1 Å². The van der Waals surface area contributed by atoms with Crippen molar-refractivity contribution < 1.29 is 0 Å². The van der Waals surface area contributed by atoms with E-state index in [1.54, 1.807) is 11.3 Å². The Morgan fingerprint density at radius 1 is 1.39 bits per heavy atom. The first kappa shape index (κ1) is 16.5. The van der Waals surface area contributed by atoms with Crippen LogP contribution in [0.4, 0.5) is 0 Å². The molecular formula is C14H23BrClNS. The van der Waals surface area contributed by atoms with Crippen molar-refractivity contribution >= 4 is 38.9 Å². The molecule has 0 bridgehead atoms. The van der Waals surface area contributed by atoms with E-state index in [2.05, 4.69) is 55.0 Å². The molecule has 1 N–H and O–H groups in total. The molecule has 1 aromatic rings. The summed E-state index contributed by atoms with van der Waals surface area (Å²) in [7, 11) is 0. The first-order valence-corrected chi connectivity index (χ1v) is 8.45. The minimum atomic E-state index is 0.228. The van der Waals surface area contributed by atoms with Crippen LogP contribution in [0.2, 0.25) is 5.02 Å². The summed E-state index contributed by atoms with van der Waals surface area (Å²) < 4.78 is 1.06. The number of rotatable bonds is 6. The Balaban J connectivity index is 2.23.